The molecule has 0 radical (unpaired) electrons. The third-order valence-electron chi connectivity index (χ3n) is 2.95. The molecule has 0 fully saturated rings. The first-order valence-electron chi connectivity index (χ1n) is 5.42. The number of nitro benzene ring substituents is 1. The maximum absolute atomic E-state index is 11.3. The number of nitrogens with zero attached hydrogens (tertiary/aromatic N) is 2. The van der Waals surface area contributed by atoms with Gasteiger partial charge in [0.2, 0.25) is 0 Å². The molecule has 0 aliphatic heterocycles. The van der Waals surface area contributed by atoms with Crippen LogP contribution >= 0.6 is 0 Å². The molecule has 0 unspecified atom stereocenters. The molecule has 3 N–H and O–H groups in total. The normalized spacial score (nSPS) is 10.9. The molecular formula is C12H8N4O3. The van der Waals surface area contributed by atoms with Crippen molar-refractivity contribution in [1.82, 2.24) is 9.97 Å². The van der Waals surface area contributed by atoms with Gasteiger partial charge < -0.3 is 10.7 Å². The van der Waals surface area contributed by atoms with E-state index in [0.29, 0.717) is 21.8 Å². The molecule has 0 aliphatic carbocycles. The van der Waals surface area contributed by atoms with E-state index in [0.717, 1.165) is 0 Å². The van der Waals surface area contributed by atoms with Crippen LogP contribution in [0.15, 0.2) is 30.5 Å². The Labute approximate surface area is 106 Å². The van der Waals surface area contributed by atoms with Crippen molar-refractivity contribution in [2.24, 2.45) is 5.73 Å². The SMILES string of the molecule is NC(=O)c1nccc2c1[nH]c1ccc([N+](=O)[O-])cc12. The predicted octanol–water partition coefficient (Wildman–Crippen LogP) is 1.72. The molecule has 1 aromatic carbocycles. The Hall–Kier alpha value is -2.96. The van der Waals surface area contributed by atoms with Crippen LogP contribution in [0.2, 0.25) is 0 Å². The number of carbonyl (C=O) groups excluding carboxylic acids is 1. The minimum Gasteiger partial charge on any atom is -0.364 e. The smallest absolute Gasteiger partial charge is 0.270 e. The molecule has 7 nitrogen and oxygen atoms in total. The summed E-state index contributed by atoms with van der Waals surface area (Å²) in [5.74, 6) is -0.647. The lowest BCUT2D eigenvalue weighted by Crippen LogP contribution is -2.13. The number of amides is 1. The van der Waals surface area contributed by atoms with Crippen LogP contribution in [0.1, 0.15) is 10.5 Å². The summed E-state index contributed by atoms with van der Waals surface area (Å²) in [6, 6.07) is 6.14. The molecule has 2 aromatic heterocycles. The van der Waals surface area contributed by atoms with Crippen LogP contribution < -0.4 is 5.73 Å². The second-order valence-electron chi connectivity index (χ2n) is 4.06. The average Bonchev–Trinajstić information content (AvgIpc) is 2.75. The van der Waals surface area contributed by atoms with E-state index in [1.165, 1.54) is 18.3 Å². The van der Waals surface area contributed by atoms with Gasteiger partial charge in [-0.15, -0.1) is 0 Å². The fraction of sp³-hybridized carbons (Fsp3) is 0. The van der Waals surface area contributed by atoms with Gasteiger partial charge in [0.25, 0.3) is 11.6 Å². The second-order valence-corrected chi connectivity index (χ2v) is 4.06. The highest BCUT2D eigenvalue weighted by Crippen LogP contribution is 2.29. The van der Waals surface area contributed by atoms with Gasteiger partial charge in [-0.25, -0.2) is 4.98 Å². The standard InChI is InChI=1S/C12H8N4O3/c13-12(17)11-10-7(3-4-14-11)8-5-6(16(18)19)1-2-9(8)15-10/h1-5,15H,(H2,13,17). The lowest BCUT2D eigenvalue weighted by molar-refractivity contribution is -0.384. The van der Waals surface area contributed by atoms with Crippen LogP contribution in [0, 0.1) is 10.1 Å². The Morgan fingerprint density at radius 2 is 2.11 bits per heavy atom. The molecule has 2 heterocycles. The highest BCUT2D eigenvalue weighted by atomic mass is 16.6. The largest absolute Gasteiger partial charge is 0.364 e. The van der Waals surface area contributed by atoms with E-state index in [1.807, 2.05) is 0 Å². The number of carbonyl (C=O) groups is 1. The van der Waals surface area contributed by atoms with Crippen molar-refractivity contribution in [2.45, 2.75) is 0 Å². The zero-order valence-electron chi connectivity index (χ0n) is 9.58. The first kappa shape index (κ1) is 11.1. The molecule has 7 heteroatoms. The number of benzene rings is 1. The number of aromatic amines is 1. The number of fused-ring (bicyclic) bond motifs is 3. The molecule has 0 spiro atoms. The van der Waals surface area contributed by atoms with Crippen molar-refractivity contribution in [2.75, 3.05) is 0 Å². The number of nitrogens with two attached hydrogens (primary N) is 1. The lowest BCUT2D eigenvalue weighted by atomic mass is 10.1. The molecule has 0 saturated heterocycles. The van der Waals surface area contributed by atoms with Crippen LogP contribution in [-0.2, 0) is 0 Å². The molecule has 0 bridgehead atoms. The van der Waals surface area contributed by atoms with E-state index in [2.05, 4.69) is 9.97 Å². The summed E-state index contributed by atoms with van der Waals surface area (Å²) in [6.45, 7) is 0. The third-order valence-corrected chi connectivity index (χ3v) is 2.95. The van der Waals surface area contributed by atoms with Crippen molar-refractivity contribution in [3.05, 3.63) is 46.3 Å². The minimum atomic E-state index is -0.647. The third kappa shape index (κ3) is 1.60. The van der Waals surface area contributed by atoms with Gasteiger partial charge >= 0.3 is 0 Å². The first-order valence-corrected chi connectivity index (χ1v) is 5.42. The Morgan fingerprint density at radius 3 is 2.79 bits per heavy atom. The number of aromatic nitrogens is 2. The highest BCUT2D eigenvalue weighted by Gasteiger charge is 2.15. The summed E-state index contributed by atoms with van der Waals surface area (Å²) in [5.41, 5.74) is 6.55. The van der Waals surface area contributed by atoms with E-state index in [-0.39, 0.29) is 11.4 Å². The number of primary amides is 1. The van der Waals surface area contributed by atoms with Crippen LogP contribution in [-0.4, -0.2) is 20.8 Å². The molecule has 0 atom stereocenters. The Morgan fingerprint density at radius 1 is 1.32 bits per heavy atom. The van der Waals surface area contributed by atoms with Crippen LogP contribution in [0.25, 0.3) is 21.8 Å². The molecule has 94 valence electrons. The quantitative estimate of drug-likeness (QED) is 0.536. The molecule has 0 saturated carbocycles. The van der Waals surface area contributed by atoms with E-state index in [1.54, 1.807) is 12.1 Å². The number of non-ortho nitro benzene ring substituents is 1. The number of hydrogen-bond acceptors (Lipinski definition) is 4. The molecule has 19 heavy (non-hydrogen) atoms. The average molecular weight is 256 g/mol. The van der Waals surface area contributed by atoms with Gasteiger partial charge in [-0.1, -0.05) is 0 Å². The second kappa shape index (κ2) is 3.77. The van der Waals surface area contributed by atoms with Gasteiger partial charge in [-0.05, 0) is 12.1 Å². The van der Waals surface area contributed by atoms with Crippen molar-refractivity contribution < 1.29 is 9.72 Å². The summed E-state index contributed by atoms with van der Waals surface area (Å²) in [6.07, 6.45) is 1.45. The number of hydrogen-bond donors (Lipinski definition) is 2. The van der Waals surface area contributed by atoms with Gasteiger partial charge in [0.15, 0.2) is 5.69 Å². The minimum absolute atomic E-state index is 0.00848. The van der Waals surface area contributed by atoms with Crippen molar-refractivity contribution in [1.29, 1.82) is 0 Å². The van der Waals surface area contributed by atoms with Gasteiger partial charge in [0, 0.05) is 34.6 Å². The lowest BCUT2D eigenvalue weighted by Gasteiger charge is -1.96. The fourth-order valence-corrected chi connectivity index (χ4v) is 2.11. The summed E-state index contributed by atoms with van der Waals surface area (Å²) in [7, 11) is 0. The summed E-state index contributed by atoms with van der Waals surface area (Å²) in [5, 5.41) is 12.1. The van der Waals surface area contributed by atoms with E-state index in [9.17, 15) is 14.9 Å². The summed E-state index contributed by atoms with van der Waals surface area (Å²) < 4.78 is 0. The Balaban J connectivity index is 2.43. The molecule has 1 amide bonds. The van der Waals surface area contributed by atoms with Crippen LogP contribution in [0.4, 0.5) is 5.69 Å². The predicted molar refractivity (Wildman–Crippen MR) is 68.8 cm³/mol. The van der Waals surface area contributed by atoms with Crippen LogP contribution in [0.5, 0.6) is 0 Å². The molecule has 0 aliphatic rings. The van der Waals surface area contributed by atoms with Crippen LogP contribution in [0.3, 0.4) is 0 Å². The Bertz CT molecular complexity index is 837. The zero-order chi connectivity index (χ0) is 13.6. The van der Waals surface area contributed by atoms with Gasteiger partial charge in [-0.3, -0.25) is 14.9 Å². The number of nitrogens with one attached hydrogen (secondary N) is 1. The maximum atomic E-state index is 11.3. The Kier molecular flexibility index (Phi) is 2.21. The summed E-state index contributed by atoms with van der Waals surface area (Å²) >= 11 is 0. The first-order chi connectivity index (χ1) is 9.08. The van der Waals surface area contributed by atoms with Gasteiger partial charge in [0.1, 0.15) is 0 Å². The van der Waals surface area contributed by atoms with Gasteiger partial charge in [-0.2, -0.15) is 0 Å². The number of pyridine rings is 1. The van der Waals surface area contributed by atoms with Crippen molar-refractivity contribution >= 4 is 33.4 Å². The van der Waals surface area contributed by atoms with Crippen molar-refractivity contribution in [3.8, 4) is 0 Å². The summed E-state index contributed by atoms with van der Waals surface area (Å²) in [4.78, 5) is 28.5. The van der Waals surface area contributed by atoms with E-state index >= 15 is 0 Å². The van der Waals surface area contributed by atoms with Crippen molar-refractivity contribution in [3.63, 3.8) is 0 Å². The molecule has 3 rings (SSSR count). The zero-order valence-corrected chi connectivity index (χ0v) is 9.58. The number of rotatable bonds is 2. The molecule has 3 aromatic rings. The number of nitro groups is 1. The monoisotopic (exact) mass is 256 g/mol. The van der Waals surface area contributed by atoms with E-state index < -0.39 is 10.8 Å². The van der Waals surface area contributed by atoms with E-state index in [4.69, 9.17) is 5.73 Å². The molecular weight excluding hydrogens is 248 g/mol. The van der Waals surface area contributed by atoms with Gasteiger partial charge in [0.05, 0.1) is 10.4 Å². The fourth-order valence-electron chi connectivity index (χ4n) is 2.11. The number of H-pyrrole nitrogens is 1. The topological polar surface area (TPSA) is 115 Å². The highest BCUT2D eigenvalue weighted by molar-refractivity contribution is 6.13. The maximum Gasteiger partial charge on any atom is 0.270 e.